The number of rotatable bonds is 4. The third-order valence-electron chi connectivity index (χ3n) is 3.64. The third-order valence-corrected chi connectivity index (χ3v) is 5.28. The first-order valence-electron chi connectivity index (χ1n) is 7.61. The lowest BCUT2D eigenvalue weighted by Crippen LogP contribution is -2.30. The first-order valence-corrected chi connectivity index (χ1v) is 8.80. The zero-order valence-corrected chi connectivity index (χ0v) is 15.3. The van der Waals surface area contributed by atoms with Crippen LogP contribution in [0, 0.1) is 17.5 Å². The molecule has 140 valence electrons. The van der Waals surface area contributed by atoms with E-state index in [1.54, 1.807) is 0 Å². The maximum atomic E-state index is 13.6. The van der Waals surface area contributed by atoms with E-state index in [4.69, 9.17) is 16.3 Å². The van der Waals surface area contributed by atoms with Gasteiger partial charge >= 0.3 is 5.97 Å². The highest BCUT2D eigenvalue weighted by Crippen LogP contribution is 2.36. The molecule has 9 heteroatoms. The fourth-order valence-electron chi connectivity index (χ4n) is 2.28. The molecule has 1 aromatic heterocycles. The number of benzene rings is 2. The molecular formula is C18H11ClF3NO3S. The number of carbonyl (C=O) groups is 2. The Balaban J connectivity index is 1.75. The topological polar surface area (TPSA) is 55.4 Å². The largest absolute Gasteiger partial charge is 0.448 e. The summed E-state index contributed by atoms with van der Waals surface area (Å²) in [5.41, 5.74) is -0.638. The zero-order chi connectivity index (χ0) is 19.7. The molecule has 1 heterocycles. The van der Waals surface area contributed by atoms with Gasteiger partial charge in [-0.1, -0.05) is 17.7 Å². The number of anilines is 1. The molecule has 27 heavy (non-hydrogen) atoms. The van der Waals surface area contributed by atoms with Crippen LogP contribution in [-0.4, -0.2) is 18.0 Å². The van der Waals surface area contributed by atoms with E-state index >= 15 is 0 Å². The van der Waals surface area contributed by atoms with Gasteiger partial charge in [0.15, 0.2) is 6.10 Å². The number of amides is 1. The smallest absolute Gasteiger partial charge is 0.350 e. The fourth-order valence-corrected chi connectivity index (χ4v) is 3.70. The number of thiophene rings is 1. The molecule has 0 bridgehead atoms. The number of halogens is 4. The summed E-state index contributed by atoms with van der Waals surface area (Å²) in [5.74, 6) is -4.23. The molecule has 0 fully saturated rings. The predicted octanol–water partition coefficient (Wildman–Crippen LogP) is 5.16. The van der Waals surface area contributed by atoms with Crippen LogP contribution in [0.2, 0.25) is 5.02 Å². The van der Waals surface area contributed by atoms with Crippen molar-refractivity contribution in [1.82, 2.24) is 0 Å². The van der Waals surface area contributed by atoms with Crippen molar-refractivity contribution in [3.05, 3.63) is 63.7 Å². The van der Waals surface area contributed by atoms with Gasteiger partial charge in [-0.15, -0.1) is 11.3 Å². The fraction of sp³-hybridized carbons (Fsp3) is 0.111. The molecule has 0 spiro atoms. The molecule has 4 nitrogen and oxygen atoms in total. The van der Waals surface area contributed by atoms with Gasteiger partial charge < -0.3 is 10.1 Å². The van der Waals surface area contributed by atoms with Crippen LogP contribution in [0.15, 0.2) is 36.4 Å². The van der Waals surface area contributed by atoms with E-state index in [0.717, 1.165) is 29.5 Å². The van der Waals surface area contributed by atoms with Crippen molar-refractivity contribution in [2.75, 3.05) is 5.32 Å². The highest BCUT2D eigenvalue weighted by atomic mass is 35.5. The first-order chi connectivity index (χ1) is 12.8. The summed E-state index contributed by atoms with van der Waals surface area (Å²) in [6.45, 7) is 1.24. The minimum Gasteiger partial charge on any atom is -0.448 e. The Morgan fingerprint density at radius 3 is 2.48 bits per heavy atom. The van der Waals surface area contributed by atoms with Gasteiger partial charge in [-0.3, -0.25) is 4.79 Å². The van der Waals surface area contributed by atoms with Crippen LogP contribution in [0.5, 0.6) is 0 Å². The van der Waals surface area contributed by atoms with E-state index in [2.05, 4.69) is 0 Å². The van der Waals surface area contributed by atoms with Crippen molar-refractivity contribution in [1.29, 1.82) is 0 Å². The maximum absolute atomic E-state index is 13.6. The molecule has 0 aliphatic rings. The van der Waals surface area contributed by atoms with Crippen LogP contribution in [0.4, 0.5) is 18.9 Å². The van der Waals surface area contributed by atoms with E-state index in [9.17, 15) is 22.8 Å². The Hall–Kier alpha value is -2.58. The third kappa shape index (κ3) is 3.91. The average Bonchev–Trinajstić information content (AvgIpc) is 2.94. The van der Waals surface area contributed by atoms with Crippen molar-refractivity contribution in [3.8, 4) is 0 Å². The minimum atomic E-state index is -1.35. The summed E-state index contributed by atoms with van der Waals surface area (Å²) in [4.78, 5) is 24.4. The van der Waals surface area contributed by atoms with Crippen LogP contribution >= 0.6 is 22.9 Å². The summed E-state index contributed by atoms with van der Waals surface area (Å²) in [6.07, 6.45) is -1.35. The van der Waals surface area contributed by atoms with Crippen LogP contribution in [0.25, 0.3) is 10.1 Å². The normalized spacial score (nSPS) is 12.0. The second kappa shape index (κ2) is 7.58. The highest BCUT2D eigenvalue weighted by Gasteiger charge is 2.25. The molecule has 0 saturated heterocycles. The van der Waals surface area contributed by atoms with Crippen LogP contribution in [0.3, 0.4) is 0 Å². The highest BCUT2D eigenvalue weighted by molar-refractivity contribution is 7.21. The number of esters is 1. The van der Waals surface area contributed by atoms with E-state index in [1.165, 1.54) is 25.1 Å². The standard InChI is InChI=1S/C18H11ClF3NO3S/c1-8(17(24)23-15-11(21)3-2-4-12(15)22)26-18(25)16-14(19)10-6-5-9(20)7-13(10)27-16/h2-8H,1H3,(H,23,24)/t8-/m0/s1. The average molecular weight is 414 g/mol. The summed E-state index contributed by atoms with van der Waals surface area (Å²) < 4.78 is 46.0. The van der Waals surface area contributed by atoms with E-state index < -0.39 is 41.1 Å². The number of fused-ring (bicyclic) bond motifs is 1. The second-order valence-corrected chi connectivity index (χ2v) is 6.95. The van der Waals surface area contributed by atoms with Crippen LogP contribution in [0.1, 0.15) is 16.6 Å². The first kappa shape index (κ1) is 19.2. The molecule has 1 atom stereocenters. The van der Waals surface area contributed by atoms with Crippen molar-refractivity contribution >= 4 is 50.6 Å². The summed E-state index contributed by atoms with van der Waals surface area (Å²) in [5, 5.41) is 2.59. The van der Waals surface area contributed by atoms with Crippen molar-refractivity contribution in [2.24, 2.45) is 0 Å². The predicted molar refractivity (Wildman–Crippen MR) is 96.7 cm³/mol. The van der Waals surface area contributed by atoms with Gasteiger partial charge in [0.25, 0.3) is 5.91 Å². The van der Waals surface area contributed by atoms with E-state index in [0.29, 0.717) is 10.1 Å². The molecule has 0 unspecified atom stereocenters. The number of hydrogen-bond donors (Lipinski definition) is 1. The van der Waals surface area contributed by atoms with Gasteiger partial charge in [-0.05, 0) is 37.3 Å². The second-order valence-electron chi connectivity index (χ2n) is 5.52. The monoisotopic (exact) mass is 413 g/mol. The molecule has 1 N–H and O–H groups in total. The van der Waals surface area contributed by atoms with Gasteiger partial charge in [0.2, 0.25) is 0 Å². The van der Waals surface area contributed by atoms with Gasteiger partial charge in [0.05, 0.1) is 5.02 Å². The maximum Gasteiger partial charge on any atom is 0.350 e. The number of hydrogen-bond acceptors (Lipinski definition) is 4. The zero-order valence-electron chi connectivity index (χ0n) is 13.7. The molecule has 0 radical (unpaired) electrons. The van der Waals surface area contributed by atoms with Crippen molar-refractivity contribution < 1.29 is 27.5 Å². The molecule has 0 aliphatic heterocycles. The molecular weight excluding hydrogens is 403 g/mol. The van der Waals surface area contributed by atoms with Gasteiger partial charge in [0, 0.05) is 10.1 Å². The summed E-state index contributed by atoms with van der Waals surface area (Å²) in [7, 11) is 0. The SMILES string of the molecule is C[C@H](OC(=O)c1sc2cc(F)ccc2c1Cl)C(=O)Nc1c(F)cccc1F. The quantitative estimate of drug-likeness (QED) is 0.601. The minimum absolute atomic E-state index is 0.00557. The molecule has 0 saturated carbocycles. The molecule has 3 aromatic rings. The Labute approximate surface area is 160 Å². The van der Waals surface area contributed by atoms with Gasteiger partial charge in [0.1, 0.15) is 28.0 Å². The number of para-hydroxylation sites is 1. The van der Waals surface area contributed by atoms with Crippen LogP contribution in [-0.2, 0) is 9.53 Å². The number of carbonyl (C=O) groups excluding carboxylic acids is 2. The molecule has 2 aromatic carbocycles. The lowest BCUT2D eigenvalue weighted by molar-refractivity contribution is -0.123. The Bertz CT molecular complexity index is 1030. The molecule has 0 aliphatic carbocycles. The lowest BCUT2D eigenvalue weighted by Gasteiger charge is -2.14. The summed E-state index contributed by atoms with van der Waals surface area (Å²) >= 11 is 7.04. The summed E-state index contributed by atoms with van der Waals surface area (Å²) in [6, 6.07) is 6.96. The van der Waals surface area contributed by atoms with Gasteiger partial charge in [-0.2, -0.15) is 0 Å². The lowest BCUT2D eigenvalue weighted by atomic mass is 10.2. The van der Waals surface area contributed by atoms with Crippen molar-refractivity contribution in [2.45, 2.75) is 13.0 Å². The molecule has 1 amide bonds. The van der Waals surface area contributed by atoms with Gasteiger partial charge in [-0.25, -0.2) is 18.0 Å². The van der Waals surface area contributed by atoms with Crippen LogP contribution < -0.4 is 5.32 Å². The number of nitrogens with one attached hydrogen (secondary N) is 1. The number of ether oxygens (including phenoxy) is 1. The Kier molecular flexibility index (Phi) is 5.38. The Morgan fingerprint density at radius 1 is 1.15 bits per heavy atom. The molecule has 3 rings (SSSR count). The van der Waals surface area contributed by atoms with E-state index in [1.807, 2.05) is 5.32 Å². The van der Waals surface area contributed by atoms with E-state index in [-0.39, 0.29) is 9.90 Å². The Morgan fingerprint density at radius 2 is 1.81 bits per heavy atom. The van der Waals surface area contributed by atoms with Crippen molar-refractivity contribution in [3.63, 3.8) is 0 Å².